The predicted octanol–water partition coefficient (Wildman–Crippen LogP) is 3.38. The molecule has 0 spiro atoms. The smallest absolute Gasteiger partial charge is 0.152 e. The summed E-state index contributed by atoms with van der Waals surface area (Å²) in [6.45, 7) is 12.1. The van der Waals surface area contributed by atoms with E-state index in [-0.39, 0.29) is 0 Å². The van der Waals surface area contributed by atoms with Crippen LogP contribution in [-0.2, 0) is 0 Å². The first-order valence-corrected chi connectivity index (χ1v) is 7.04. The van der Waals surface area contributed by atoms with E-state index in [9.17, 15) is 0 Å². The fourth-order valence-electron chi connectivity index (χ4n) is 2.64. The van der Waals surface area contributed by atoms with Crippen LogP contribution in [0.3, 0.4) is 0 Å². The zero-order valence-electron chi connectivity index (χ0n) is 12.5. The second-order valence-electron chi connectivity index (χ2n) is 5.92. The number of hydrogen-bond acceptors (Lipinski definition) is 3. The van der Waals surface area contributed by atoms with Crippen LogP contribution >= 0.6 is 0 Å². The molecule has 104 valence electrons. The summed E-state index contributed by atoms with van der Waals surface area (Å²) >= 11 is 0. The Balaban J connectivity index is 2.17. The number of nitrogens with one attached hydrogen (secondary N) is 1. The average molecular weight is 260 g/mol. The van der Waals surface area contributed by atoms with Gasteiger partial charge in [-0.05, 0) is 30.7 Å². The van der Waals surface area contributed by atoms with Crippen LogP contribution in [0.5, 0.6) is 0 Å². The Morgan fingerprint density at radius 1 is 1.21 bits per heavy atom. The first kappa shape index (κ1) is 13.8. The van der Waals surface area contributed by atoms with Gasteiger partial charge in [-0.25, -0.2) is 9.50 Å². The van der Waals surface area contributed by atoms with Gasteiger partial charge in [0.2, 0.25) is 0 Å². The maximum Gasteiger partial charge on any atom is 0.152 e. The third-order valence-electron chi connectivity index (χ3n) is 3.73. The molecule has 0 saturated carbocycles. The molecule has 19 heavy (non-hydrogen) atoms. The highest BCUT2D eigenvalue weighted by Gasteiger charge is 2.17. The van der Waals surface area contributed by atoms with Crippen LogP contribution in [0.1, 0.15) is 33.4 Å². The van der Waals surface area contributed by atoms with Gasteiger partial charge in [0.05, 0.1) is 5.69 Å². The minimum absolute atomic E-state index is 0.645. The lowest BCUT2D eigenvalue weighted by atomic mass is 9.85. The number of aryl methyl sites for hydroxylation is 1. The molecule has 0 fully saturated rings. The maximum atomic E-state index is 4.44. The van der Waals surface area contributed by atoms with Crippen molar-refractivity contribution in [3.8, 4) is 0 Å². The summed E-state index contributed by atoms with van der Waals surface area (Å²) in [5.41, 5.74) is 2.06. The van der Waals surface area contributed by atoms with Crippen molar-refractivity contribution in [1.29, 1.82) is 0 Å². The van der Waals surface area contributed by atoms with Crippen molar-refractivity contribution in [3.05, 3.63) is 24.2 Å². The van der Waals surface area contributed by atoms with Gasteiger partial charge in [0.15, 0.2) is 5.82 Å². The van der Waals surface area contributed by atoms with E-state index in [0.29, 0.717) is 17.8 Å². The molecule has 2 aromatic heterocycles. The summed E-state index contributed by atoms with van der Waals surface area (Å²) in [5, 5.41) is 7.90. The van der Waals surface area contributed by atoms with Gasteiger partial charge in [-0.15, -0.1) is 0 Å². The largest absolute Gasteiger partial charge is 0.368 e. The molecule has 4 nitrogen and oxygen atoms in total. The third-order valence-corrected chi connectivity index (χ3v) is 3.73. The second kappa shape index (κ2) is 5.59. The summed E-state index contributed by atoms with van der Waals surface area (Å²) in [6, 6.07) is 2.06. The van der Waals surface area contributed by atoms with E-state index in [2.05, 4.69) is 49.2 Å². The molecule has 0 saturated heterocycles. The molecule has 0 aliphatic rings. The minimum atomic E-state index is 0.645. The quantitative estimate of drug-likeness (QED) is 0.896. The van der Waals surface area contributed by atoms with Gasteiger partial charge < -0.3 is 5.32 Å². The molecule has 0 aliphatic carbocycles. The van der Waals surface area contributed by atoms with Crippen molar-refractivity contribution in [2.75, 3.05) is 11.9 Å². The Kier molecular flexibility index (Phi) is 4.08. The number of nitrogens with zero attached hydrogens (tertiary/aromatic N) is 3. The number of aromatic nitrogens is 3. The monoisotopic (exact) mass is 260 g/mol. The van der Waals surface area contributed by atoms with Gasteiger partial charge in [0, 0.05) is 18.9 Å². The molecule has 2 heterocycles. The van der Waals surface area contributed by atoms with Crippen LogP contribution in [0.4, 0.5) is 5.82 Å². The predicted molar refractivity (Wildman–Crippen MR) is 79.4 cm³/mol. The summed E-state index contributed by atoms with van der Waals surface area (Å²) in [7, 11) is 0. The summed E-state index contributed by atoms with van der Waals surface area (Å²) in [6.07, 6.45) is 3.68. The molecule has 2 rings (SSSR count). The first-order valence-electron chi connectivity index (χ1n) is 7.04. The van der Waals surface area contributed by atoms with E-state index in [1.165, 1.54) is 0 Å². The topological polar surface area (TPSA) is 42.2 Å². The van der Waals surface area contributed by atoms with E-state index in [1.807, 2.05) is 17.6 Å². The van der Waals surface area contributed by atoms with Crippen molar-refractivity contribution in [2.24, 2.45) is 17.8 Å². The van der Waals surface area contributed by atoms with Crippen LogP contribution in [0, 0.1) is 24.7 Å². The van der Waals surface area contributed by atoms with Gasteiger partial charge in [-0.3, -0.25) is 0 Å². The fraction of sp³-hybridized carbons (Fsp3) is 0.600. The second-order valence-corrected chi connectivity index (χ2v) is 5.92. The Labute approximate surface area is 115 Å². The molecule has 0 radical (unpaired) electrons. The van der Waals surface area contributed by atoms with E-state index in [1.54, 1.807) is 6.20 Å². The summed E-state index contributed by atoms with van der Waals surface area (Å²) < 4.78 is 1.88. The minimum Gasteiger partial charge on any atom is -0.368 e. The lowest BCUT2D eigenvalue weighted by Crippen LogP contribution is -2.25. The van der Waals surface area contributed by atoms with E-state index >= 15 is 0 Å². The zero-order chi connectivity index (χ0) is 14.0. The molecule has 4 heteroatoms. The Morgan fingerprint density at radius 2 is 1.89 bits per heavy atom. The molecule has 0 unspecified atom stereocenters. The SMILES string of the molecule is Cc1cc2c(NCC(C(C)C)C(C)C)nccn2n1. The van der Waals surface area contributed by atoms with E-state index in [4.69, 9.17) is 0 Å². The Bertz CT molecular complexity index is 534. The highest BCUT2D eigenvalue weighted by Crippen LogP contribution is 2.22. The Hall–Kier alpha value is -1.58. The lowest BCUT2D eigenvalue weighted by molar-refractivity contribution is 0.304. The number of rotatable bonds is 5. The maximum absolute atomic E-state index is 4.44. The lowest BCUT2D eigenvalue weighted by Gasteiger charge is -2.25. The number of hydrogen-bond donors (Lipinski definition) is 1. The zero-order valence-corrected chi connectivity index (χ0v) is 12.5. The van der Waals surface area contributed by atoms with Crippen molar-refractivity contribution < 1.29 is 0 Å². The molecule has 0 amide bonds. The number of fused-ring (bicyclic) bond motifs is 1. The van der Waals surface area contributed by atoms with Gasteiger partial charge >= 0.3 is 0 Å². The van der Waals surface area contributed by atoms with Crippen molar-refractivity contribution in [1.82, 2.24) is 14.6 Å². The molecule has 0 atom stereocenters. The summed E-state index contributed by atoms with van der Waals surface area (Å²) in [5.74, 6) is 2.90. The van der Waals surface area contributed by atoms with Crippen LogP contribution in [0.25, 0.3) is 5.52 Å². The average Bonchev–Trinajstić information content (AvgIpc) is 2.69. The van der Waals surface area contributed by atoms with Crippen LogP contribution in [-0.4, -0.2) is 21.1 Å². The standard InChI is InChI=1S/C15H24N4/c1-10(2)13(11(3)4)9-17-15-14-8-12(5)18-19(14)7-6-16-15/h6-8,10-11,13H,9H2,1-5H3,(H,16,17). The van der Waals surface area contributed by atoms with Gasteiger partial charge in [-0.2, -0.15) is 5.10 Å². The molecule has 0 aromatic carbocycles. The molecule has 0 aliphatic heterocycles. The molecule has 0 bridgehead atoms. The first-order chi connectivity index (χ1) is 8.99. The molecule has 2 aromatic rings. The highest BCUT2D eigenvalue weighted by atomic mass is 15.2. The molecular weight excluding hydrogens is 236 g/mol. The summed E-state index contributed by atoms with van der Waals surface area (Å²) in [4.78, 5) is 4.44. The third kappa shape index (κ3) is 3.06. The van der Waals surface area contributed by atoms with Crippen molar-refractivity contribution in [3.63, 3.8) is 0 Å². The fourth-order valence-corrected chi connectivity index (χ4v) is 2.64. The van der Waals surface area contributed by atoms with Crippen molar-refractivity contribution >= 4 is 11.3 Å². The van der Waals surface area contributed by atoms with Crippen LogP contribution in [0.15, 0.2) is 18.5 Å². The molecule has 1 N–H and O–H groups in total. The van der Waals surface area contributed by atoms with Gasteiger partial charge in [-0.1, -0.05) is 27.7 Å². The molecular formula is C15H24N4. The van der Waals surface area contributed by atoms with Gasteiger partial charge in [0.25, 0.3) is 0 Å². The van der Waals surface area contributed by atoms with Crippen LogP contribution in [0.2, 0.25) is 0 Å². The van der Waals surface area contributed by atoms with Gasteiger partial charge in [0.1, 0.15) is 5.52 Å². The number of anilines is 1. The van der Waals surface area contributed by atoms with E-state index < -0.39 is 0 Å². The van der Waals surface area contributed by atoms with E-state index in [0.717, 1.165) is 23.6 Å². The highest BCUT2D eigenvalue weighted by molar-refractivity contribution is 5.67. The normalized spacial score (nSPS) is 12.0. The van der Waals surface area contributed by atoms with Crippen molar-refractivity contribution in [2.45, 2.75) is 34.6 Å². The Morgan fingerprint density at radius 3 is 2.53 bits per heavy atom. The van der Waals surface area contributed by atoms with Crippen LogP contribution < -0.4 is 5.32 Å².